The Bertz CT molecular complexity index is 718. The Morgan fingerprint density at radius 2 is 1.19 bits per heavy atom. The highest BCUT2D eigenvalue weighted by molar-refractivity contribution is 5.82. The van der Waals surface area contributed by atoms with Gasteiger partial charge in [0, 0.05) is 6.21 Å². The number of hydrogen-bond acceptors (Lipinski definition) is 2. The Labute approximate surface area is 197 Å². The van der Waals surface area contributed by atoms with Crippen LogP contribution in [0.3, 0.4) is 0 Å². The largest absolute Gasteiger partial charge is 0.494 e. The minimum atomic E-state index is 0.814. The third-order valence-electron chi connectivity index (χ3n) is 5.98. The van der Waals surface area contributed by atoms with E-state index >= 15 is 0 Å². The second kappa shape index (κ2) is 17.5. The molecule has 2 aromatic carbocycles. The van der Waals surface area contributed by atoms with Crippen molar-refractivity contribution in [2.45, 2.75) is 104 Å². The van der Waals surface area contributed by atoms with Gasteiger partial charge in [-0.25, -0.2) is 0 Å². The summed E-state index contributed by atoms with van der Waals surface area (Å²) in [7, 11) is 0. The summed E-state index contributed by atoms with van der Waals surface area (Å²) in [4.78, 5) is 4.58. The van der Waals surface area contributed by atoms with E-state index in [-0.39, 0.29) is 0 Å². The third-order valence-corrected chi connectivity index (χ3v) is 5.98. The predicted octanol–water partition coefficient (Wildman–Crippen LogP) is 9.47. The highest BCUT2D eigenvalue weighted by Gasteiger charge is 1.97. The number of aliphatic imine (C=N–C) groups is 1. The zero-order chi connectivity index (χ0) is 22.7. The molecule has 0 saturated carbocycles. The molecule has 32 heavy (non-hydrogen) atoms. The molecular formula is C30H45NO. The molecule has 0 amide bonds. The van der Waals surface area contributed by atoms with Crippen LogP contribution in [0.15, 0.2) is 53.5 Å². The lowest BCUT2D eigenvalue weighted by Crippen LogP contribution is -1.97. The number of benzene rings is 2. The highest BCUT2D eigenvalue weighted by Crippen LogP contribution is 2.16. The minimum Gasteiger partial charge on any atom is -0.494 e. The van der Waals surface area contributed by atoms with Crippen LogP contribution in [0.25, 0.3) is 0 Å². The van der Waals surface area contributed by atoms with Crippen LogP contribution in [0.4, 0.5) is 5.69 Å². The van der Waals surface area contributed by atoms with Crippen LogP contribution >= 0.6 is 0 Å². The second-order valence-corrected chi connectivity index (χ2v) is 8.98. The number of ether oxygens (including phenoxy) is 1. The smallest absolute Gasteiger partial charge is 0.119 e. The number of aryl methyl sites for hydroxylation is 1. The third kappa shape index (κ3) is 12.1. The van der Waals surface area contributed by atoms with Gasteiger partial charge in [0.2, 0.25) is 0 Å². The lowest BCUT2D eigenvalue weighted by atomic mass is 10.1. The van der Waals surface area contributed by atoms with Gasteiger partial charge in [-0.05, 0) is 60.4 Å². The van der Waals surface area contributed by atoms with E-state index in [1.165, 1.54) is 82.6 Å². The fourth-order valence-electron chi connectivity index (χ4n) is 3.97. The average molecular weight is 436 g/mol. The lowest BCUT2D eigenvalue weighted by molar-refractivity contribution is 0.304. The van der Waals surface area contributed by atoms with Crippen molar-refractivity contribution in [1.29, 1.82) is 0 Å². The zero-order valence-electron chi connectivity index (χ0n) is 20.7. The van der Waals surface area contributed by atoms with Gasteiger partial charge in [0.1, 0.15) is 5.75 Å². The Morgan fingerprint density at radius 1 is 0.625 bits per heavy atom. The number of unbranched alkanes of at least 4 members (excludes halogenated alkanes) is 11. The normalized spacial score (nSPS) is 11.3. The van der Waals surface area contributed by atoms with Gasteiger partial charge in [0.05, 0.1) is 12.3 Å². The summed E-state index contributed by atoms with van der Waals surface area (Å²) in [5.74, 6) is 0.953. The first kappa shape index (κ1) is 26.2. The molecule has 2 heteroatoms. The monoisotopic (exact) mass is 435 g/mol. The van der Waals surface area contributed by atoms with Crippen LogP contribution in [-0.4, -0.2) is 12.8 Å². The molecule has 2 nitrogen and oxygen atoms in total. The van der Waals surface area contributed by atoms with Crippen LogP contribution in [0.1, 0.15) is 108 Å². The van der Waals surface area contributed by atoms with Crippen LogP contribution in [0.5, 0.6) is 5.75 Å². The van der Waals surface area contributed by atoms with Gasteiger partial charge in [-0.1, -0.05) is 103 Å². The van der Waals surface area contributed by atoms with E-state index in [0.29, 0.717) is 0 Å². The Kier molecular flexibility index (Phi) is 14.3. The van der Waals surface area contributed by atoms with Gasteiger partial charge in [-0.15, -0.1) is 0 Å². The number of rotatable bonds is 18. The minimum absolute atomic E-state index is 0.814. The topological polar surface area (TPSA) is 21.6 Å². The summed E-state index contributed by atoms with van der Waals surface area (Å²) in [5, 5.41) is 0. The maximum atomic E-state index is 5.91. The van der Waals surface area contributed by atoms with Gasteiger partial charge >= 0.3 is 0 Å². The molecule has 0 aromatic heterocycles. The summed E-state index contributed by atoms with van der Waals surface area (Å²) in [6.45, 7) is 5.30. The number of hydrogen-bond donors (Lipinski definition) is 0. The second-order valence-electron chi connectivity index (χ2n) is 8.98. The molecule has 0 aliphatic heterocycles. The standard InChI is InChI=1S/C30H45NO/c1-3-5-6-7-8-9-10-11-12-13-14-15-25-32-30-23-19-28(20-24-30)26-31-29-21-17-27(16-4-2)18-22-29/h17-24,26H,3-16,25H2,1-2H3. The summed E-state index contributed by atoms with van der Waals surface area (Å²) in [5.41, 5.74) is 3.47. The first-order chi connectivity index (χ1) is 15.8. The van der Waals surface area contributed by atoms with Crippen LogP contribution in [0, 0.1) is 0 Å². The molecule has 0 heterocycles. The van der Waals surface area contributed by atoms with E-state index in [1.807, 2.05) is 18.3 Å². The molecule has 176 valence electrons. The van der Waals surface area contributed by atoms with Crippen molar-refractivity contribution in [1.82, 2.24) is 0 Å². The fourth-order valence-corrected chi connectivity index (χ4v) is 3.97. The molecular weight excluding hydrogens is 390 g/mol. The number of nitrogens with zero attached hydrogens (tertiary/aromatic N) is 1. The van der Waals surface area contributed by atoms with Crippen molar-refractivity contribution in [3.63, 3.8) is 0 Å². The van der Waals surface area contributed by atoms with E-state index in [9.17, 15) is 0 Å². The quantitative estimate of drug-likeness (QED) is 0.169. The van der Waals surface area contributed by atoms with Gasteiger partial charge in [-0.2, -0.15) is 0 Å². The molecule has 0 unspecified atom stereocenters. The molecule has 0 bridgehead atoms. The predicted molar refractivity (Wildman–Crippen MR) is 141 cm³/mol. The molecule has 0 atom stereocenters. The van der Waals surface area contributed by atoms with Crippen molar-refractivity contribution in [2.24, 2.45) is 4.99 Å². The summed E-state index contributed by atoms with van der Waals surface area (Å²) < 4.78 is 5.91. The summed E-state index contributed by atoms with van der Waals surface area (Å²) in [6.07, 6.45) is 20.7. The molecule has 2 aromatic rings. The highest BCUT2D eigenvalue weighted by atomic mass is 16.5. The molecule has 0 fully saturated rings. The fraction of sp³-hybridized carbons (Fsp3) is 0.567. The first-order valence-corrected chi connectivity index (χ1v) is 13.2. The molecule has 0 aliphatic rings. The van der Waals surface area contributed by atoms with Crippen molar-refractivity contribution in [3.05, 3.63) is 59.7 Å². The molecule has 0 saturated heterocycles. The molecule has 0 N–H and O–H groups in total. The van der Waals surface area contributed by atoms with Crippen molar-refractivity contribution in [2.75, 3.05) is 6.61 Å². The van der Waals surface area contributed by atoms with E-state index in [4.69, 9.17) is 4.74 Å². The van der Waals surface area contributed by atoms with Gasteiger partial charge < -0.3 is 4.74 Å². The maximum absolute atomic E-state index is 5.91. The van der Waals surface area contributed by atoms with Crippen molar-refractivity contribution in [3.8, 4) is 5.75 Å². The van der Waals surface area contributed by atoms with E-state index in [2.05, 4.69) is 55.2 Å². The summed E-state index contributed by atoms with van der Waals surface area (Å²) >= 11 is 0. The average Bonchev–Trinajstić information content (AvgIpc) is 2.82. The Hall–Kier alpha value is -2.09. The summed E-state index contributed by atoms with van der Waals surface area (Å²) in [6, 6.07) is 16.8. The van der Waals surface area contributed by atoms with Crippen molar-refractivity contribution < 1.29 is 4.74 Å². The SMILES string of the molecule is CCCCCCCCCCCCCCOc1ccc(C=Nc2ccc(CCC)cc2)cc1. The maximum Gasteiger partial charge on any atom is 0.119 e. The first-order valence-electron chi connectivity index (χ1n) is 13.2. The van der Waals surface area contributed by atoms with Gasteiger partial charge in [0.15, 0.2) is 0 Å². The van der Waals surface area contributed by atoms with Crippen LogP contribution < -0.4 is 4.74 Å². The lowest BCUT2D eigenvalue weighted by Gasteiger charge is -2.06. The van der Waals surface area contributed by atoms with Gasteiger partial charge in [0.25, 0.3) is 0 Å². The molecule has 2 rings (SSSR count). The Morgan fingerprint density at radius 3 is 1.75 bits per heavy atom. The van der Waals surface area contributed by atoms with Crippen LogP contribution in [-0.2, 0) is 6.42 Å². The molecule has 0 aliphatic carbocycles. The molecule has 0 spiro atoms. The van der Waals surface area contributed by atoms with Crippen molar-refractivity contribution >= 4 is 11.9 Å². The van der Waals surface area contributed by atoms with E-state index in [0.717, 1.165) is 36.4 Å². The molecule has 0 radical (unpaired) electrons. The van der Waals surface area contributed by atoms with Crippen LogP contribution in [0.2, 0.25) is 0 Å². The Balaban J connectivity index is 1.51. The van der Waals surface area contributed by atoms with Gasteiger partial charge in [-0.3, -0.25) is 4.99 Å². The van der Waals surface area contributed by atoms with E-state index in [1.54, 1.807) is 0 Å². The zero-order valence-corrected chi connectivity index (χ0v) is 20.7. The van der Waals surface area contributed by atoms with E-state index < -0.39 is 0 Å².